The fourth-order valence-corrected chi connectivity index (χ4v) is 3.51. The first kappa shape index (κ1) is 13.6. The first-order chi connectivity index (χ1) is 10.8. The molecule has 22 heavy (non-hydrogen) atoms. The van der Waals surface area contributed by atoms with Gasteiger partial charge < -0.3 is 0 Å². The minimum atomic E-state index is 0.856. The molecule has 1 aliphatic rings. The van der Waals surface area contributed by atoms with Gasteiger partial charge in [-0.25, -0.2) is 9.97 Å². The molecule has 0 unspecified atom stereocenters. The van der Waals surface area contributed by atoms with E-state index in [1.807, 2.05) is 30.2 Å². The second-order valence-electron chi connectivity index (χ2n) is 5.63. The van der Waals surface area contributed by atoms with E-state index in [1.54, 1.807) is 11.3 Å². The second-order valence-corrected chi connectivity index (χ2v) is 6.57. The summed E-state index contributed by atoms with van der Waals surface area (Å²) in [7, 11) is 1.95. The molecule has 0 N–H and O–H groups in total. The molecule has 4 rings (SSSR count). The molecule has 0 radical (unpaired) electrons. The van der Waals surface area contributed by atoms with Crippen LogP contribution in [-0.4, -0.2) is 31.2 Å². The second kappa shape index (κ2) is 5.62. The van der Waals surface area contributed by atoms with Crippen LogP contribution in [-0.2, 0) is 26.6 Å². The van der Waals surface area contributed by atoms with E-state index in [0.717, 1.165) is 36.8 Å². The number of thiophene rings is 1. The van der Waals surface area contributed by atoms with E-state index in [2.05, 4.69) is 32.6 Å². The predicted molar refractivity (Wildman–Crippen MR) is 86.4 cm³/mol. The molecule has 112 valence electrons. The van der Waals surface area contributed by atoms with Crippen LogP contribution in [0.5, 0.6) is 0 Å². The van der Waals surface area contributed by atoms with Gasteiger partial charge in [0, 0.05) is 56.6 Å². The Bertz CT molecular complexity index is 778. The van der Waals surface area contributed by atoms with Crippen LogP contribution in [0.25, 0.3) is 10.7 Å². The largest absolute Gasteiger partial charge is 0.294 e. The van der Waals surface area contributed by atoms with E-state index < -0.39 is 0 Å². The Morgan fingerprint density at radius 2 is 2.27 bits per heavy atom. The summed E-state index contributed by atoms with van der Waals surface area (Å²) in [5, 5.41) is 6.30. The van der Waals surface area contributed by atoms with Gasteiger partial charge in [0.05, 0.1) is 16.8 Å². The van der Waals surface area contributed by atoms with Gasteiger partial charge in [0.15, 0.2) is 5.82 Å². The Kier molecular flexibility index (Phi) is 3.48. The van der Waals surface area contributed by atoms with Crippen molar-refractivity contribution in [3.8, 4) is 10.7 Å². The van der Waals surface area contributed by atoms with Gasteiger partial charge in [-0.15, -0.1) is 11.3 Å². The molecule has 0 atom stereocenters. The number of nitrogens with zero attached hydrogens (tertiary/aromatic N) is 5. The van der Waals surface area contributed by atoms with Crippen LogP contribution < -0.4 is 0 Å². The highest BCUT2D eigenvalue weighted by molar-refractivity contribution is 7.13. The molecule has 0 bridgehead atoms. The van der Waals surface area contributed by atoms with Gasteiger partial charge in [-0.3, -0.25) is 9.58 Å². The molecule has 0 aromatic carbocycles. The summed E-state index contributed by atoms with van der Waals surface area (Å²) in [6.45, 7) is 2.87. The summed E-state index contributed by atoms with van der Waals surface area (Å²) < 4.78 is 1.85. The molecule has 5 nitrogen and oxygen atoms in total. The van der Waals surface area contributed by atoms with Gasteiger partial charge in [-0.2, -0.15) is 5.10 Å². The van der Waals surface area contributed by atoms with Crippen molar-refractivity contribution in [1.82, 2.24) is 24.6 Å². The average molecular weight is 311 g/mol. The molecule has 0 saturated heterocycles. The van der Waals surface area contributed by atoms with Gasteiger partial charge in [0.2, 0.25) is 0 Å². The van der Waals surface area contributed by atoms with Gasteiger partial charge in [0.25, 0.3) is 0 Å². The van der Waals surface area contributed by atoms with Gasteiger partial charge in [-0.05, 0) is 11.4 Å². The Morgan fingerprint density at radius 1 is 1.32 bits per heavy atom. The molecule has 0 aliphatic carbocycles. The maximum Gasteiger partial charge on any atom is 0.169 e. The molecule has 0 amide bonds. The molecule has 3 aromatic rings. The molecule has 0 saturated carbocycles. The minimum Gasteiger partial charge on any atom is -0.294 e. The van der Waals surface area contributed by atoms with E-state index in [4.69, 9.17) is 4.98 Å². The Balaban J connectivity index is 1.52. The minimum absolute atomic E-state index is 0.856. The quantitative estimate of drug-likeness (QED) is 0.745. The standard InChI is InChI=1S/C16H17N5S/c1-20-9-12(7-18-20)10-21-5-4-14-13(11-21)8-17-16(19-14)15-3-2-6-22-15/h2-3,6-9H,4-5,10-11H2,1H3. The highest BCUT2D eigenvalue weighted by atomic mass is 32.1. The van der Waals surface area contributed by atoms with Gasteiger partial charge in [-0.1, -0.05) is 6.07 Å². The molecular weight excluding hydrogens is 294 g/mol. The summed E-state index contributed by atoms with van der Waals surface area (Å²) in [5.41, 5.74) is 3.69. The number of rotatable bonds is 3. The van der Waals surface area contributed by atoms with Crippen molar-refractivity contribution in [2.24, 2.45) is 7.05 Å². The third-order valence-electron chi connectivity index (χ3n) is 3.92. The molecule has 1 aliphatic heterocycles. The number of hydrogen-bond donors (Lipinski definition) is 0. The van der Waals surface area contributed by atoms with E-state index in [0.29, 0.717) is 0 Å². The van der Waals surface area contributed by atoms with E-state index in [1.165, 1.54) is 16.8 Å². The maximum absolute atomic E-state index is 4.76. The van der Waals surface area contributed by atoms with Crippen LogP contribution in [0.2, 0.25) is 0 Å². The lowest BCUT2D eigenvalue weighted by Gasteiger charge is -2.27. The van der Waals surface area contributed by atoms with Gasteiger partial charge >= 0.3 is 0 Å². The highest BCUT2D eigenvalue weighted by Gasteiger charge is 2.19. The Hall–Kier alpha value is -2.05. The lowest BCUT2D eigenvalue weighted by Crippen LogP contribution is -2.30. The first-order valence-corrected chi connectivity index (χ1v) is 8.24. The zero-order valence-electron chi connectivity index (χ0n) is 12.4. The lowest BCUT2D eigenvalue weighted by atomic mass is 10.1. The Labute approximate surface area is 133 Å². The van der Waals surface area contributed by atoms with Crippen molar-refractivity contribution in [2.45, 2.75) is 19.5 Å². The van der Waals surface area contributed by atoms with Crippen LogP contribution in [0.4, 0.5) is 0 Å². The van der Waals surface area contributed by atoms with Crippen molar-refractivity contribution in [2.75, 3.05) is 6.54 Å². The average Bonchev–Trinajstić information content (AvgIpc) is 3.19. The van der Waals surface area contributed by atoms with Crippen molar-refractivity contribution in [3.63, 3.8) is 0 Å². The van der Waals surface area contributed by atoms with E-state index >= 15 is 0 Å². The van der Waals surface area contributed by atoms with Crippen molar-refractivity contribution < 1.29 is 0 Å². The number of fused-ring (bicyclic) bond motifs is 1. The fourth-order valence-electron chi connectivity index (χ4n) is 2.85. The van der Waals surface area contributed by atoms with Crippen LogP contribution in [0, 0.1) is 0 Å². The molecule has 4 heterocycles. The molecular formula is C16H17N5S. The predicted octanol–water partition coefficient (Wildman–Crippen LogP) is 2.50. The highest BCUT2D eigenvalue weighted by Crippen LogP contribution is 2.24. The van der Waals surface area contributed by atoms with Crippen LogP contribution >= 0.6 is 11.3 Å². The summed E-state index contributed by atoms with van der Waals surface area (Å²) in [6.07, 6.45) is 6.99. The van der Waals surface area contributed by atoms with Crippen molar-refractivity contribution >= 4 is 11.3 Å². The monoisotopic (exact) mass is 311 g/mol. The first-order valence-electron chi connectivity index (χ1n) is 7.36. The van der Waals surface area contributed by atoms with Crippen LogP contribution in [0.3, 0.4) is 0 Å². The zero-order chi connectivity index (χ0) is 14.9. The summed E-state index contributed by atoms with van der Waals surface area (Å²) in [4.78, 5) is 12.9. The summed E-state index contributed by atoms with van der Waals surface area (Å²) >= 11 is 1.69. The lowest BCUT2D eigenvalue weighted by molar-refractivity contribution is 0.243. The summed E-state index contributed by atoms with van der Waals surface area (Å²) in [5.74, 6) is 0.856. The van der Waals surface area contributed by atoms with E-state index in [-0.39, 0.29) is 0 Å². The molecule has 3 aromatic heterocycles. The van der Waals surface area contributed by atoms with Crippen LogP contribution in [0.15, 0.2) is 36.1 Å². The third kappa shape index (κ3) is 2.67. The topological polar surface area (TPSA) is 46.8 Å². The van der Waals surface area contributed by atoms with Gasteiger partial charge in [0.1, 0.15) is 0 Å². The maximum atomic E-state index is 4.76. The summed E-state index contributed by atoms with van der Waals surface area (Å²) in [6, 6.07) is 4.11. The van der Waals surface area contributed by atoms with Crippen molar-refractivity contribution in [1.29, 1.82) is 0 Å². The fraction of sp³-hybridized carbons (Fsp3) is 0.312. The zero-order valence-corrected chi connectivity index (χ0v) is 13.3. The number of aromatic nitrogens is 4. The Morgan fingerprint density at radius 3 is 3.05 bits per heavy atom. The van der Waals surface area contributed by atoms with Crippen molar-refractivity contribution in [3.05, 3.63) is 52.9 Å². The molecule has 0 spiro atoms. The number of aryl methyl sites for hydroxylation is 1. The molecule has 0 fully saturated rings. The van der Waals surface area contributed by atoms with Crippen LogP contribution in [0.1, 0.15) is 16.8 Å². The molecule has 6 heteroatoms. The SMILES string of the molecule is Cn1cc(CN2CCc3nc(-c4cccs4)ncc3C2)cn1. The normalized spacial score (nSPS) is 15.0. The van der Waals surface area contributed by atoms with E-state index in [9.17, 15) is 0 Å². The number of hydrogen-bond acceptors (Lipinski definition) is 5. The third-order valence-corrected chi connectivity index (χ3v) is 4.78. The smallest absolute Gasteiger partial charge is 0.169 e.